The van der Waals surface area contributed by atoms with Crippen LogP contribution in [0.4, 0.5) is 0 Å². The molecule has 0 N–H and O–H groups in total. The van der Waals surface area contributed by atoms with Crippen molar-refractivity contribution in [3.05, 3.63) is 35.4 Å². The van der Waals surface area contributed by atoms with Crippen LogP contribution in [0.15, 0.2) is 24.3 Å². The molecule has 7 rings (SSSR count). The molecule has 6 aliphatic rings. The van der Waals surface area contributed by atoms with Crippen LogP contribution in [-0.2, 0) is 21.4 Å². The minimum absolute atomic E-state index is 0. The van der Waals surface area contributed by atoms with E-state index in [2.05, 4.69) is 36.1 Å². The second-order valence-electron chi connectivity index (χ2n) is 10.4. The number of esters is 1. The van der Waals surface area contributed by atoms with Crippen LogP contribution in [0.2, 0.25) is 0 Å². The number of ether oxygens (including phenoxy) is 1. The van der Waals surface area contributed by atoms with Gasteiger partial charge in [0.05, 0.1) is 12.5 Å². The molecule has 2 aliphatic heterocycles. The number of rotatable bonds is 6. The van der Waals surface area contributed by atoms with Crippen LogP contribution in [0.25, 0.3) is 0 Å². The molecule has 0 radical (unpaired) electrons. The van der Waals surface area contributed by atoms with Crippen molar-refractivity contribution in [2.45, 2.75) is 75.8 Å². The monoisotopic (exact) mass is 415 g/mol. The summed E-state index contributed by atoms with van der Waals surface area (Å²) in [7, 11) is 0. The Morgan fingerprint density at radius 1 is 1.14 bits per heavy atom. The van der Waals surface area contributed by atoms with Crippen molar-refractivity contribution in [2.75, 3.05) is 13.2 Å². The topological polar surface area (TPSA) is 29.5 Å². The molecule has 2 saturated heterocycles. The van der Waals surface area contributed by atoms with Crippen molar-refractivity contribution in [1.82, 2.24) is 4.90 Å². The second-order valence-corrected chi connectivity index (χ2v) is 10.4. The van der Waals surface area contributed by atoms with E-state index in [1.54, 1.807) is 11.1 Å². The fraction of sp³-hybridized carbons (Fsp3) is 0.720. The van der Waals surface area contributed by atoms with E-state index in [0.717, 1.165) is 18.8 Å². The Morgan fingerprint density at radius 3 is 2.62 bits per heavy atom. The summed E-state index contributed by atoms with van der Waals surface area (Å²) >= 11 is 0. The van der Waals surface area contributed by atoms with Gasteiger partial charge in [0.2, 0.25) is 0 Å². The average molecular weight is 416 g/mol. The minimum atomic E-state index is 0. The van der Waals surface area contributed by atoms with Crippen molar-refractivity contribution in [2.24, 2.45) is 23.7 Å². The van der Waals surface area contributed by atoms with Gasteiger partial charge in [-0.25, -0.2) is 0 Å². The number of carbonyl (C=O) groups excluding carboxylic acids is 1. The predicted octanol–water partition coefficient (Wildman–Crippen LogP) is 4.75. The first kappa shape index (κ1) is 19.9. The maximum atomic E-state index is 13.1. The largest absolute Gasteiger partial charge is 0.465 e. The lowest BCUT2D eigenvalue weighted by molar-refractivity contribution is -0.168. The van der Waals surface area contributed by atoms with Crippen molar-refractivity contribution in [1.29, 1.82) is 0 Å². The smallest absolute Gasteiger partial charge is 0.310 e. The lowest BCUT2D eigenvalue weighted by Gasteiger charge is -2.65. The third-order valence-electron chi connectivity index (χ3n) is 8.81. The maximum Gasteiger partial charge on any atom is 0.310 e. The quantitative estimate of drug-likeness (QED) is 0.627. The molecule has 5 atom stereocenters. The molecule has 1 aromatic rings. The van der Waals surface area contributed by atoms with E-state index in [1.807, 2.05) is 0 Å². The number of benzene rings is 1. The maximum absolute atomic E-state index is 13.1. The molecule has 2 heterocycles. The van der Waals surface area contributed by atoms with Crippen LogP contribution in [0.1, 0.15) is 63.0 Å². The van der Waals surface area contributed by atoms with Gasteiger partial charge in [-0.15, -0.1) is 12.4 Å². The zero-order chi connectivity index (χ0) is 18.9. The summed E-state index contributed by atoms with van der Waals surface area (Å²) in [6.07, 6.45) is 9.82. The highest BCUT2D eigenvalue weighted by Gasteiger charge is 2.62. The Kier molecular flexibility index (Phi) is 4.98. The normalized spacial score (nSPS) is 37.6. The fourth-order valence-corrected chi connectivity index (χ4v) is 6.96. The zero-order valence-corrected chi connectivity index (χ0v) is 18.3. The van der Waals surface area contributed by atoms with Gasteiger partial charge in [-0.1, -0.05) is 31.2 Å². The summed E-state index contributed by atoms with van der Waals surface area (Å²) in [5.41, 5.74) is 3.44. The van der Waals surface area contributed by atoms with Gasteiger partial charge >= 0.3 is 5.97 Å². The summed E-state index contributed by atoms with van der Waals surface area (Å²) in [6, 6.07) is 10.2. The lowest BCUT2D eigenvalue weighted by atomic mass is 9.48. The first-order valence-corrected chi connectivity index (χ1v) is 11.7. The van der Waals surface area contributed by atoms with Crippen LogP contribution >= 0.6 is 12.4 Å². The third kappa shape index (κ3) is 3.15. The number of hydrogen-bond donors (Lipinski definition) is 0. The summed E-state index contributed by atoms with van der Waals surface area (Å²) in [6.45, 7) is 4.26. The Bertz CT molecular complexity index is 789. The Balaban J connectivity index is 0.00000181. The molecule has 0 aromatic heterocycles. The minimum Gasteiger partial charge on any atom is -0.465 e. The number of nitrogens with zero attached hydrogens (tertiary/aromatic N) is 1. The van der Waals surface area contributed by atoms with Gasteiger partial charge in [0.1, 0.15) is 0 Å². The van der Waals surface area contributed by atoms with Crippen molar-refractivity contribution in [3.8, 4) is 0 Å². The molecule has 3 saturated carbocycles. The molecule has 0 amide bonds. The van der Waals surface area contributed by atoms with E-state index < -0.39 is 0 Å². The number of piperidine rings is 2. The van der Waals surface area contributed by atoms with Crippen molar-refractivity contribution < 1.29 is 9.53 Å². The van der Waals surface area contributed by atoms with Crippen LogP contribution in [0.3, 0.4) is 0 Å². The van der Waals surface area contributed by atoms with Crippen LogP contribution in [0, 0.1) is 23.7 Å². The van der Waals surface area contributed by atoms with Gasteiger partial charge < -0.3 is 4.74 Å². The highest BCUT2D eigenvalue weighted by Crippen LogP contribution is 2.60. The number of carbonyl (C=O) groups is 1. The summed E-state index contributed by atoms with van der Waals surface area (Å²) in [5, 5.41) is 0. The zero-order valence-electron chi connectivity index (χ0n) is 17.5. The van der Waals surface area contributed by atoms with Gasteiger partial charge in [0.25, 0.3) is 0 Å². The van der Waals surface area contributed by atoms with Crippen LogP contribution in [0.5, 0.6) is 0 Å². The summed E-state index contributed by atoms with van der Waals surface area (Å²) < 4.78 is 5.82. The number of hydrogen-bond acceptors (Lipinski definition) is 3. The number of halogens is 1. The van der Waals surface area contributed by atoms with Gasteiger partial charge in [0.15, 0.2) is 0 Å². The molecule has 29 heavy (non-hydrogen) atoms. The van der Waals surface area contributed by atoms with E-state index in [1.165, 1.54) is 45.1 Å². The Hall–Kier alpha value is -1.06. The van der Waals surface area contributed by atoms with E-state index >= 15 is 0 Å². The molecule has 4 heteroatoms. The fourth-order valence-electron chi connectivity index (χ4n) is 6.96. The Labute approximate surface area is 181 Å². The third-order valence-corrected chi connectivity index (χ3v) is 8.81. The molecule has 5 fully saturated rings. The second kappa shape index (κ2) is 7.27. The molecule has 1 aromatic carbocycles. The first-order chi connectivity index (χ1) is 13.7. The molecule has 4 aliphatic carbocycles. The van der Waals surface area contributed by atoms with Gasteiger partial charge in [-0.05, 0) is 80.2 Å². The molecule has 4 unspecified atom stereocenters. The SMILES string of the molecule is CC[C@@]12CC3C(C(=O)OCC4CC4)CC1C(Cc1ccccc12)N3CC1CC1.Cl. The van der Waals surface area contributed by atoms with E-state index in [-0.39, 0.29) is 29.7 Å². The van der Waals surface area contributed by atoms with Crippen molar-refractivity contribution >= 4 is 18.4 Å². The first-order valence-electron chi connectivity index (χ1n) is 11.7. The highest BCUT2D eigenvalue weighted by molar-refractivity contribution is 5.85. The molecular weight excluding hydrogens is 382 g/mol. The van der Waals surface area contributed by atoms with E-state index in [4.69, 9.17) is 4.74 Å². The average Bonchev–Trinajstić information content (AvgIpc) is 3.63. The van der Waals surface area contributed by atoms with Crippen LogP contribution < -0.4 is 0 Å². The summed E-state index contributed by atoms with van der Waals surface area (Å²) in [5.74, 6) is 2.34. The molecule has 0 spiro atoms. The Morgan fingerprint density at radius 2 is 1.90 bits per heavy atom. The molecule has 3 nitrogen and oxygen atoms in total. The van der Waals surface area contributed by atoms with Gasteiger partial charge in [-0.2, -0.15) is 0 Å². The van der Waals surface area contributed by atoms with Gasteiger partial charge in [-0.3, -0.25) is 9.69 Å². The molecular formula is C25H34ClNO2. The lowest BCUT2D eigenvalue weighted by Crippen LogP contribution is -2.70. The van der Waals surface area contributed by atoms with Gasteiger partial charge in [0, 0.05) is 24.0 Å². The highest BCUT2D eigenvalue weighted by atomic mass is 35.5. The number of fused-ring (bicyclic) bond motifs is 2. The standard InChI is InChI=1S/C25H33NO2.ClH/c1-2-25-13-23-19(24(27)28-15-17-9-10-17)12-21(25)22(26(23)14-16-7-8-16)11-18-5-3-4-6-20(18)25;/h3-6,16-17,19,21-23H,2,7-15H2,1H3;1H/t19?,21?,22?,23?,25-;/m0./s1. The summed E-state index contributed by atoms with van der Waals surface area (Å²) in [4.78, 5) is 15.9. The van der Waals surface area contributed by atoms with E-state index in [9.17, 15) is 4.79 Å². The predicted molar refractivity (Wildman–Crippen MR) is 116 cm³/mol. The van der Waals surface area contributed by atoms with Crippen molar-refractivity contribution in [3.63, 3.8) is 0 Å². The van der Waals surface area contributed by atoms with E-state index in [0.29, 0.717) is 30.5 Å². The van der Waals surface area contributed by atoms with Crippen LogP contribution in [-0.4, -0.2) is 36.1 Å². The molecule has 4 bridgehead atoms. The molecule has 158 valence electrons.